The van der Waals surface area contributed by atoms with Gasteiger partial charge in [-0.05, 0) is 19.3 Å². The number of hydrogen-bond donors (Lipinski definition) is 2. The van der Waals surface area contributed by atoms with Crippen molar-refractivity contribution in [3.05, 3.63) is 12.7 Å². The molecule has 1 aliphatic heterocycles. The molecule has 0 atom stereocenters. The molecule has 0 radical (unpaired) electrons. The number of hydrogen-bond acceptors (Lipinski definition) is 5. The van der Waals surface area contributed by atoms with Crippen molar-refractivity contribution in [1.82, 2.24) is 24.8 Å². The van der Waals surface area contributed by atoms with Crippen molar-refractivity contribution in [2.45, 2.75) is 19.3 Å². The molecule has 3 heterocycles. The Hall–Kier alpha value is -2.18. The fraction of sp³-hybridized carbons (Fsp3) is 0.500. The van der Waals surface area contributed by atoms with Crippen molar-refractivity contribution < 1.29 is 4.79 Å². The van der Waals surface area contributed by atoms with Crippen LogP contribution in [0.15, 0.2) is 12.7 Å². The summed E-state index contributed by atoms with van der Waals surface area (Å²) >= 11 is 0. The van der Waals surface area contributed by atoms with E-state index in [2.05, 4.69) is 25.3 Å². The summed E-state index contributed by atoms with van der Waals surface area (Å²) in [5.41, 5.74) is 1.33. The van der Waals surface area contributed by atoms with Crippen LogP contribution in [-0.4, -0.2) is 50.4 Å². The molecule has 1 fully saturated rings. The summed E-state index contributed by atoms with van der Waals surface area (Å²) in [6, 6.07) is 0. The third-order valence-electron chi connectivity index (χ3n) is 3.34. The molecule has 0 aliphatic carbocycles. The number of H-pyrrole nitrogens is 1. The minimum absolute atomic E-state index is 0.117. The minimum atomic E-state index is 0.117. The molecular formula is C12H16N6O. The van der Waals surface area contributed by atoms with Crippen molar-refractivity contribution in [1.29, 1.82) is 0 Å². The van der Waals surface area contributed by atoms with E-state index in [9.17, 15) is 4.79 Å². The Morgan fingerprint density at radius 3 is 2.95 bits per heavy atom. The van der Waals surface area contributed by atoms with E-state index in [-0.39, 0.29) is 12.5 Å². The zero-order valence-corrected chi connectivity index (χ0v) is 10.6. The second kappa shape index (κ2) is 5.21. The van der Waals surface area contributed by atoms with Crippen LogP contribution in [0, 0.1) is 0 Å². The number of nitrogens with one attached hydrogen (secondary N) is 2. The van der Waals surface area contributed by atoms with E-state index in [0.717, 1.165) is 31.4 Å². The fourth-order valence-corrected chi connectivity index (χ4v) is 2.31. The summed E-state index contributed by atoms with van der Waals surface area (Å²) in [5, 5.41) is 3.06. The number of nitrogens with zero attached hydrogens (tertiary/aromatic N) is 4. The molecule has 2 aromatic heterocycles. The van der Waals surface area contributed by atoms with Crippen molar-refractivity contribution in [2.24, 2.45) is 0 Å². The monoisotopic (exact) mass is 260 g/mol. The highest BCUT2D eigenvalue weighted by atomic mass is 16.2. The molecule has 2 aromatic rings. The zero-order valence-electron chi connectivity index (χ0n) is 10.6. The number of piperidine rings is 1. The molecule has 1 saturated heterocycles. The van der Waals surface area contributed by atoms with Gasteiger partial charge in [0.05, 0.1) is 12.9 Å². The first-order valence-electron chi connectivity index (χ1n) is 6.50. The molecule has 0 saturated carbocycles. The van der Waals surface area contributed by atoms with E-state index in [1.54, 1.807) is 6.33 Å². The third kappa shape index (κ3) is 2.49. The number of aromatic nitrogens is 4. The van der Waals surface area contributed by atoms with Crippen molar-refractivity contribution in [3.63, 3.8) is 0 Å². The zero-order chi connectivity index (χ0) is 13.1. The Bertz CT molecular complexity index is 574. The first kappa shape index (κ1) is 11.9. The molecule has 0 aromatic carbocycles. The highest BCUT2D eigenvalue weighted by Crippen LogP contribution is 2.14. The highest BCUT2D eigenvalue weighted by Gasteiger charge is 2.16. The summed E-state index contributed by atoms with van der Waals surface area (Å²) in [6.45, 7) is 1.98. The molecule has 100 valence electrons. The van der Waals surface area contributed by atoms with Crippen molar-refractivity contribution in [2.75, 3.05) is 25.0 Å². The molecule has 0 unspecified atom stereocenters. The summed E-state index contributed by atoms with van der Waals surface area (Å²) in [6.07, 6.45) is 6.43. The summed E-state index contributed by atoms with van der Waals surface area (Å²) < 4.78 is 0. The van der Waals surface area contributed by atoms with Gasteiger partial charge in [-0.1, -0.05) is 0 Å². The lowest BCUT2D eigenvalue weighted by atomic mass is 10.1. The second-order valence-electron chi connectivity index (χ2n) is 4.62. The lowest BCUT2D eigenvalue weighted by molar-refractivity contribution is -0.130. The second-order valence-corrected chi connectivity index (χ2v) is 4.62. The van der Waals surface area contributed by atoms with Gasteiger partial charge in [0.15, 0.2) is 11.5 Å². The number of carbonyl (C=O) groups is 1. The summed E-state index contributed by atoms with van der Waals surface area (Å²) in [4.78, 5) is 29.1. The van der Waals surface area contributed by atoms with Crippen LogP contribution in [0.5, 0.6) is 0 Å². The number of imidazole rings is 1. The smallest absolute Gasteiger partial charge is 0.241 e. The first-order valence-corrected chi connectivity index (χ1v) is 6.50. The molecule has 1 aliphatic rings. The average Bonchev–Trinajstić information content (AvgIpc) is 2.94. The van der Waals surface area contributed by atoms with E-state index in [1.807, 2.05) is 4.90 Å². The number of rotatable bonds is 3. The Balaban J connectivity index is 1.65. The largest absolute Gasteiger partial charge is 0.359 e. The number of likely N-dealkylation sites (tertiary alicyclic amines) is 1. The van der Waals surface area contributed by atoms with Gasteiger partial charge >= 0.3 is 0 Å². The predicted octanol–water partition coefficient (Wildman–Crippen LogP) is 0.777. The standard InChI is InChI=1S/C12H16N6O/c19-9(18-4-2-1-3-5-18)6-13-11-10-12(15-7-14-10)17-8-16-11/h7-8H,1-6H2,(H2,13,14,15,16,17). The molecule has 19 heavy (non-hydrogen) atoms. The normalized spacial score (nSPS) is 15.7. The molecular weight excluding hydrogens is 244 g/mol. The quantitative estimate of drug-likeness (QED) is 0.851. The van der Waals surface area contributed by atoms with Gasteiger partial charge in [-0.25, -0.2) is 15.0 Å². The van der Waals surface area contributed by atoms with E-state index in [1.165, 1.54) is 12.7 Å². The molecule has 7 heteroatoms. The molecule has 0 bridgehead atoms. The van der Waals surface area contributed by atoms with E-state index in [0.29, 0.717) is 11.5 Å². The third-order valence-corrected chi connectivity index (χ3v) is 3.34. The van der Waals surface area contributed by atoms with Gasteiger partial charge in [0.2, 0.25) is 5.91 Å². The molecule has 3 rings (SSSR count). The number of amides is 1. The van der Waals surface area contributed by atoms with Crippen LogP contribution in [0.2, 0.25) is 0 Å². The summed E-state index contributed by atoms with van der Waals surface area (Å²) in [7, 11) is 0. The molecule has 2 N–H and O–H groups in total. The molecule has 7 nitrogen and oxygen atoms in total. The molecule has 1 amide bonds. The number of aromatic amines is 1. The van der Waals surface area contributed by atoms with E-state index < -0.39 is 0 Å². The Labute approximate surface area is 110 Å². The van der Waals surface area contributed by atoms with Crippen LogP contribution >= 0.6 is 0 Å². The predicted molar refractivity (Wildman–Crippen MR) is 70.6 cm³/mol. The van der Waals surface area contributed by atoms with E-state index in [4.69, 9.17) is 0 Å². The van der Waals surface area contributed by atoms with Crippen molar-refractivity contribution >= 4 is 22.9 Å². The number of anilines is 1. The maximum absolute atomic E-state index is 12.0. The van der Waals surface area contributed by atoms with E-state index >= 15 is 0 Å². The van der Waals surface area contributed by atoms with Crippen LogP contribution < -0.4 is 5.32 Å². The lowest BCUT2D eigenvalue weighted by Crippen LogP contribution is -2.39. The van der Waals surface area contributed by atoms with Crippen LogP contribution in [0.1, 0.15) is 19.3 Å². The lowest BCUT2D eigenvalue weighted by Gasteiger charge is -2.26. The van der Waals surface area contributed by atoms with Crippen LogP contribution in [-0.2, 0) is 4.79 Å². The molecule has 0 spiro atoms. The van der Waals surface area contributed by atoms with Crippen LogP contribution in [0.4, 0.5) is 5.82 Å². The SMILES string of the molecule is O=C(CNc1ncnc2nc[nH]c12)N1CCCCC1. The van der Waals surface area contributed by atoms with Crippen LogP contribution in [0.25, 0.3) is 11.2 Å². The Morgan fingerprint density at radius 1 is 1.26 bits per heavy atom. The van der Waals surface area contributed by atoms with Crippen molar-refractivity contribution in [3.8, 4) is 0 Å². The van der Waals surface area contributed by atoms with Gasteiger partial charge in [-0.3, -0.25) is 4.79 Å². The topological polar surface area (TPSA) is 86.8 Å². The van der Waals surface area contributed by atoms with Gasteiger partial charge in [0, 0.05) is 13.1 Å². The van der Waals surface area contributed by atoms with Gasteiger partial charge in [-0.15, -0.1) is 0 Å². The fourth-order valence-electron chi connectivity index (χ4n) is 2.31. The number of carbonyl (C=O) groups excluding carboxylic acids is 1. The Morgan fingerprint density at radius 2 is 2.11 bits per heavy atom. The summed E-state index contributed by atoms with van der Waals surface area (Å²) in [5.74, 6) is 0.735. The first-order chi connectivity index (χ1) is 9.34. The van der Waals surface area contributed by atoms with Gasteiger partial charge in [-0.2, -0.15) is 0 Å². The Kier molecular flexibility index (Phi) is 3.26. The maximum Gasteiger partial charge on any atom is 0.241 e. The number of fused-ring (bicyclic) bond motifs is 1. The van der Waals surface area contributed by atoms with Gasteiger partial charge < -0.3 is 15.2 Å². The average molecular weight is 260 g/mol. The highest BCUT2D eigenvalue weighted by molar-refractivity contribution is 5.86. The van der Waals surface area contributed by atoms with Gasteiger partial charge in [0.1, 0.15) is 11.8 Å². The minimum Gasteiger partial charge on any atom is -0.359 e. The van der Waals surface area contributed by atoms with Gasteiger partial charge in [0.25, 0.3) is 0 Å². The maximum atomic E-state index is 12.0. The van der Waals surface area contributed by atoms with Crippen LogP contribution in [0.3, 0.4) is 0 Å².